The molecule has 0 radical (unpaired) electrons. The Morgan fingerprint density at radius 3 is 2.43 bits per heavy atom. The van der Waals surface area contributed by atoms with Gasteiger partial charge in [-0.3, -0.25) is 0 Å². The summed E-state index contributed by atoms with van der Waals surface area (Å²) in [6.45, 7) is 9.21. The lowest BCUT2D eigenvalue weighted by atomic mass is 9.70. The van der Waals surface area contributed by atoms with E-state index in [1.807, 2.05) is 0 Å². The predicted octanol–water partition coefficient (Wildman–Crippen LogP) is 5.16. The maximum absolute atomic E-state index is 3.66. The molecule has 0 heterocycles. The summed E-state index contributed by atoms with van der Waals surface area (Å²) in [5.74, 6) is 2.52. The number of benzene rings is 1. The zero-order chi connectivity index (χ0) is 15.1. The van der Waals surface area contributed by atoms with E-state index in [-0.39, 0.29) is 0 Å². The maximum Gasteiger partial charge on any atom is -0.00147 e. The minimum absolute atomic E-state index is 0.763. The smallest absolute Gasteiger partial charge is 0.00147 e. The fourth-order valence-electron chi connectivity index (χ4n) is 3.81. The molecule has 1 nitrogen and oxygen atoms in total. The Hall–Kier alpha value is -0.820. The molecule has 118 valence electrons. The van der Waals surface area contributed by atoms with Gasteiger partial charge in [0.15, 0.2) is 0 Å². The Labute approximate surface area is 131 Å². The summed E-state index contributed by atoms with van der Waals surface area (Å²) in [5.41, 5.74) is 3.04. The molecule has 1 aromatic carbocycles. The number of aryl methyl sites for hydroxylation is 1. The van der Waals surface area contributed by atoms with E-state index in [0.717, 1.165) is 30.7 Å². The molecule has 0 amide bonds. The summed E-state index contributed by atoms with van der Waals surface area (Å²) in [4.78, 5) is 0. The van der Waals surface area contributed by atoms with Crippen molar-refractivity contribution in [1.29, 1.82) is 0 Å². The second kappa shape index (κ2) is 8.58. The van der Waals surface area contributed by atoms with E-state index in [0.29, 0.717) is 0 Å². The Bertz CT molecular complexity index is 393. The summed E-state index contributed by atoms with van der Waals surface area (Å²) < 4.78 is 0. The molecule has 1 fully saturated rings. The number of rotatable bonds is 7. The van der Waals surface area contributed by atoms with E-state index < -0.39 is 0 Å². The van der Waals surface area contributed by atoms with Gasteiger partial charge in [0.2, 0.25) is 0 Å². The van der Waals surface area contributed by atoms with Crippen molar-refractivity contribution in [2.75, 3.05) is 13.1 Å². The fourth-order valence-corrected chi connectivity index (χ4v) is 3.81. The van der Waals surface area contributed by atoms with E-state index >= 15 is 0 Å². The van der Waals surface area contributed by atoms with Crippen LogP contribution in [-0.4, -0.2) is 13.1 Å². The first-order chi connectivity index (χ1) is 10.3. The number of nitrogens with one attached hydrogen (secondary N) is 1. The van der Waals surface area contributed by atoms with Gasteiger partial charge in [0.1, 0.15) is 0 Å². The quantitative estimate of drug-likeness (QED) is 0.683. The molecular weight excluding hydrogens is 254 g/mol. The highest BCUT2D eigenvalue weighted by Gasteiger charge is 2.30. The fraction of sp³-hybridized carbons (Fsp3) is 0.700. The SMILES string of the molecule is CCCNCC1CCC(CC)CC1c1ccc(CC)cc1. The zero-order valence-corrected chi connectivity index (χ0v) is 14.2. The van der Waals surface area contributed by atoms with Gasteiger partial charge >= 0.3 is 0 Å². The van der Waals surface area contributed by atoms with Gasteiger partial charge in [-0.15, -0.1) is 0 Å². The second-order valence-electron chi connectivity index (χ2n) is 6.75. The summed E-state index contributed by atoms with van der Waals surface area (Å²) in [5, 5.41) is 3.66. The van der Waals surface area contributed by atoms with Crippen LogP contribution in [0.2, 0.25) is 0 Å². The van der Waals surface area contributed by atoms with Gasteiger partial charge in [0.05, 0.1) is 0 Å². The summed E-state index contributed by atoms with van der Waals surface area (Å²) in [7, 11) is 0. The van der Waals surface area contributed by atoms with Crippen LogP contribution in [0.5, 0.6) is 0 Å². The standard InChI is InChI=1S/C20H33N/c1-4-13-21-15-19-12-9-17(6-3)14-20(19)18-10-7-16(5-2)8-11-18/h7-8,10-11,17,19-21H,4-6,9,12-15H2,1-3H3. The van der Waals surface area contributed by atoms with Crippen molar-refractivity contribution < 1.29 is 0 Å². The molecule has 1 aliphatic carbocycles. The van der Waals surface area contributed by atoms with E-state index in [1.165, 1.54) is 44.2 Å². The van der Waals surface area contributed by atoms with Gasteiger partial charge in [-0.25, -0.2) is 0 Å². The van der Waals surface area contributed by atoms with Crippen LogP contribution in [0, 0.1) is 11.8 Å². The van der Waals surface area contributed by atoms with Crippen LogP contribution in [0.1, 0.15) is 69.9 Å². The lowest BCUT2D eigenvalue weighted by Crippen LogP contribution is -2.32. The largest absolute Gasteiger partial charge is 0.316 e. The van der Waals surface area contributed by atoms with Crippen molar-refractivity contribution >= 4 is 0 Å². The third kappa shape index (κ3) is 4.57. The highest BCUT2D eigenvalue weighted by atomic mass is 14.9. The minimum Gasteiger partial charge on any atom is -0.316 e. The van der Waals surface area contributed by atoms with E-state index in [9.17, 15) is 0 Å². The average Bonchev–Trinajstić information content (AvgIpc) is 2.55. The predicted molar refractivity (Wildman–Crippen MR) is 92.8 cm³/mol. The molecule has 0 aliphatic heterocycles. The molecule has 1 N–H and O–H groups in total. The Kier molecular flexibility index (Phi) is 6.76. The van der Waals surface area contributed by atoms with Gasteiger partial charge < -0.3 is 5.32 Å². The van der Waals surface area contributed by atoms with Crippen molar-refractivity contribution in [2.24, 2.45) is 11.8 Å². The van der Waals surface area contributed by atoms with Crippen LogP contribution < -0.4 is 5.32 Å². The Balaban J connectivity index is 2.07. The molecule has 2 rings (SSSR count). The van der Waals surface area contributed by atoms with Gasteiger partial charge in [0, 0.05) is 0 Å². The normalized spacial score (nSPS) is 26.0. The van der Waals surface area contributed by atoms with Crippen LogP contribution in [-0.2, 0) is 6.42 Å². The van der Waals surface area contributed by atoms with Crippen LogP contribution in [0.3, 0.4) is 0 Å². The first kappa shape index (κ1) is 16.5. The van der Waals surface area contributed by atoms with Crippen LogP contribution >= 0.6 is 0 Å². The van der Waals surface area contributed by atoms with E-state index in [1.54, 1.807) is 5.56 Å². The average molecular weight is 287 g/mol. The lowest BCUT2D eigenvalue weighted by molar-refractivity contribution is 0.226. The Morgan fingerprint density at radius 1 is 1.05 bits per heavy atom. The summed E-state index contributed by atoms with van der Waals surface area (Å²) in [6.07, 6.45) is 7.94. The van der Waals surface area contributed by atoms with Gasteiger partial charge in [-0.1, -0.05) is 57.9 Å². The van der Waals surface area contributed by atoms with E-state index in [4.69, 9.17) is 0 Å². The molecule has 1 saturated carbocycles. The number of hydrogen-bond acceptors (Lipinski definition) is 1. The van der Waals surface area contributed by atoms with Crippen molar-refractivity contribution in [3.63, 3.8) is 0 Å². The van der Waals surface area contributed by atoms with Crippen LogP contribution in [0.15, 0.2) is 24.3 Å². The van der Waals surface area contributed by atoms with Crippen LogP contribution in [0.25, 0.3) is 0 Å². The molecule has 0 saturated heterocycles. The molecule has 0 aromatic heterocycles. The van der Waals surface area contributed by atoms with Crippen molar-refractivity contribution in [3.05, 3.63) is 35.4 Å². The molecule has 21 heavy (non-hydrogen) atoms. The first-order valence-electron chi connectivity index (χ1n) is 9.07. The van der Waals surface area contributed by atoms with Crippen molar-refractivity contribution in [3.8, 4) is 0 Å². The van der Waals surface area contributed by atoms with Crippen LogP contribution in [0.4, 0.5) is 0 Å². The molecule has 1 heteroatoms. The molecule has 3 unspecified atom stereocenters. The summed E-state index contributed by atoms with van der Waals surface area (Å²) >= 11 is 0. The molecule has 1 aliphatic rings. The zero-order valence-electron chi connectivity index (χ0n) is 14.2. The molecule has 3 atom stereocenters. The van der Waals surface area contributed by atoms with Gasteiger partial charge in [-0.2, -0.15) is 0 Å². The lowest BCUT2D eigenvalue weighted by Gasteiger charge is -2.36. The molecule has 1 aromatic rings. The first-order valence-corrected chi connectivity index (χ1v) is 9.07. The van der Waals surface area contributed by atoms with Gasteiger partial charge in [-0.05, 0) is 67.7 Å². The second-order valence-corrected chi connectivity index (χ2v) is 6.75. The highest BCUT2D eigenvalue weighted by Crippen LogP contribution is 2.41. The highest BCUT2D eigenvalue weighted by molar-refractivity contribution is 5.26. The Morgan fingerprint density at radius 2 is 1.81 bits per heavy atom. The minimum atomic E-state index is 0.763. The molecular formula is C20H33N. The van der Waals surface area contributed by atoms with Crippen molar-refractivity contribution in [2.45, 2.75) is 65.2 Å². The van der Waals surface area contributed by atoms with E-state index in [2.05, 4.69) is 50.4 Å². The monoisotopic (exact) mass is 287 g/mol. The third-order valence-electron chi connectivity index (χ3n) is 5.33. The van der Waals surface area contributed by atoms with Crippen molar-refractivity contribution in [1.82, 2.24) is 5.32 Å². The maximum atomic E-state index is 3.66. The topological polar surface area (TPSA) is 12.0 Å². The molecule has 0 bridgehead atoms. The summed E-state index contributed by atoms with van der Waals surface area (Å²) in [6, 6.07) is 9.46. The van der Waals surface area contributed by atoms with Gasteiger partial charge in [0.25, 0.3) is 0 Å². The molecule has 0 spiro atoms. The third-order valence-corrected chi connectivity index (χ3v) is 5.33. The number of hydrogen-bond donors (Lipinski definition) is 1.